The van der Waals surface area contributed by atoms with Crippen molar-refractivity contribution in [3.63, 3.8) is 0 Å². The molecule has 2 nitrogen and oxygen atoms in total. The van der Waals surface area contributed by atoms with Crippen LogP contribution in [0.1, 0.15) is 11.1 Å². The van der Waals surface area contributed by atoms with Crippen LogP contribution < -0.4 is 5.73 Å². The molecule has 0 unspecified atom stereocenters. The Hall–Kier alpha value is -1.10. The van der Waals surface area contributed by atoms with E-state index in [-0.39, 0.29) is 5.82 Å². The Kier molecular flexibility index (Phi) is 4.58. The highest BCUT2D eigenvalue weighted by atomic mass is 35.5. The van der Waals surface area contributed by atoms with Crippen LogP contribution in [0.15, 0.2) is 41.6 Å². The maximum Gasteiger partial charge on any atom is 0.123 e. The van der Waals surface area contributed by atoms with E-state index < -0.39 is 0 Å². The second-order valence-electron chi connectivity index (χ2n) is 3.72. The van der Waals surface area contributed by atoms with Crippen LogP contribution in [0.4, 0.5) is 4.39 Å². The molecule has 0 amide bonds. The van der Waals surface area contributed by atoms with Crippen LogP contribution >= 0.6 is 23.4 Å². The molecule has 94 valence electrons. The molecule has 0 aliphatic heterocycles. The summed E-state index contributed by atoms with van der Waals surface area (Å²) in [5, 5.41) is 1.50. The molecule has 0 spiro atoms. The van der Waals surface area contributed by atoms with Gasteiger partial charge in [0.25, 0.3) is 0 Å². The molecule has 0 saturated heterocycles. The van der Waals surface area contributed by atoms with Gasteiger partial charge >= 0.3 is 0 Å². The Bertz CT molecular complexity index is 531. The van der Waals surface area contributed by atoms with Gasteiger partial charge in [-0.2, -0.15) is 0 Å². The second-order valence-corrected chi connectivity index (χ2v) is 5.15. The molecule has 1 heterocycles. The zero-order chi connectivity index (χ0) is 13.0. The van der Waals surface area contributed by atoms with Crippen LogP contribution in [0.25, 0.3) is 0 Å². The molecule has 0 atom stereocenters. The molecule has 18 heavy (non-hydrogen) atoms. The first-order valence-corrected chi connectivity index (χ1v) is 6.77. The number of benzene rings is 1. The van der Waals surface area contributed by atoms with E-state index in [0.29, 0.717) is 17.3 Å². The zero-order valence-corrected chi connectivity index (χ0v) is 11.1. The SMILES string of the molecule is NCc1cc(F)ccc1CSc1ccc(Cl)cn1. The quantitative estimate of drug-likeness (QED) is 0.871. The molecule has 0 radical (unpaired) electrons. The fourth-order valence-corrected chi connectivity index (χ4v) is 2.51. The fourth-order valence-electron chi connectivity index (χ4n) is 1.52. The van der Waals surface area contributed by atoms with Crippen LogP contribution in [0.2, 0.25) is 5.02 Å². The van der Waals surface area contributed by atoms with Gasteiger partial charge in [-0.1, -0.05) is 17.7 Å². The van der Waals surface area contributed by atoms with Gasteiger partial charge < -0.3 is 5.73 Å². The van der Waals surface area contributed by atoms with Crippen LogP contribution in [0, 0.1) is 5.82 Å². The molecule has 0 aliphatic carbocycles. The molecular weight excluding hydrogens is 271 g/mol. The van der Waals surface area contributed by atoms with E-state index in [0.717, 1.165) is 16.2 Å². The van der Waals surface area contributed by atoms with Crippen LogP contribution in [-0.4, -0.2) is 4.98 Å². The van der Waals surface area contributed by atoms with Crippen molar-refractivity contribution in [1.29, 1.82) is 0 Å². The summed E-state index contributed by atoms with van der Waals surface area (Å²) in [5.74, 6) is 0.454. The van der Waals surface area contributed by atoms with Gasteiger partial charge in [-0.15, -0.1) is 11.8 Å². The third-order valence-corrected chi connectivity index (χ3v) is 3.68. The van der Waals surface area contributed by atoms with Crippen molar-refractivity contribution in [2.75, 3.05) is 0 Å². The number of thioether (sulfide) groups is 1. The minimum atomic E-state index is -0.256. The van der Waals surface area contributed by atoms with Gasteiger partial charge in [0.15, 0.2) is 0 Å². The average molecular weight is 283 g/mol. The molecule has 0 bridgehead atoms. The lowest BCUT2D eigenvalue weighted by Gasteiger charge is -2.07. The summed E-state index contributed by atoms with van der Waals surface area (Å²) in [5.41, 5.74) is 7.46. The number of hydrogen-bond donors (Lipinski definition) is 1. The molecule has 0 saturated carbocycles. The van der Waals surface area contributed by atoms with Crippen molar-refractivity contribution in [2.24, 2.45) is 5.73 Å². The highest BCUT2D eigenvalue weighted by Gasteiger charge is 2.04. The Morgan fingerprint density at radius 1 is 1.22 bits per heavy atom. The van der Waals surface area contributed by atoms with Crippen molar-refractivity contribution in [3.05, 3.63) is 58.5 Å². The lowest BCUT2D eigenvalue weighted by molar-refractivity contribution is 0.624. The first-order valence-electron chi connectivity index (χ1n) is 5.41. The van der Waals surface area contributed by atoms with Gasteiger partial charge in [0.05, 0.1) is 10.0 Å². The van der Waals surface area contributed by atoms with Crippen molar-refractivity contribution >= 4 is 23.4 Å². The molecule has 0 fully saturated rings. The largest absolute Gasteiger partial charge is 0.326 e. The zero-order valence-electron chi connectivity index (χ0n) is 9.57. The van der Waals surface area contributed by atoms with Crippen molar-refractivity contribution in [2.45, 2.75) is 17.3 Å². The maximum atomic E-state index is 13.1. The van der Waals surface area contributed by atoms with E-state index in [9.17, 15) is 4.39 Å². The Balaban J connectivity index is 2.08. The van der Waals surface area contributed by atoms with E-state index in [2.05, 4.69) is 4.98 Å². The van der Waals surface area contributed by atoms with Crippen LogP contribution in [-0.2, 0) is 12.3 Å². The summed E-state index contributed by atoms with van der Waals surface area (Å²) in [6.07, 6.45) is 1.61. The summed E-state index contributed by atoms with van der Waals surface area (Å²) in [6.45, 7) is 0.335. The molecule has 5 heteroatoms. The predicted octanol–water partition coefficient (Wildman–Crippen LogP) is 3.63. The second kappa shape index (κ2) is 6.18. The Labute approximate surface area is 114 Å². The molecule has 2 aromatic rings. The monoisotopic (exact) mass is 282 g/mol. The number of halogens is 2. The lowest BCUT2D eigenvalue weighted by Crippen LogP contribution is -2.01. The first kappa shape index (κ1) is 13.3. The summed E-state index contributed by atoms with van der Waals surface area (Å²) in [7, 11) is 0. The smallest absolute Gasteiger partial charge is 0.123 e. The highest BCUT2D eigenvalue weighted by molar-refractivity contribution is 7.98. The van der Waals surface area contributed by atoms with E-state index >= 15 is 0 Å². The molecule has 0 aliphatic rings. The number of rotatable bonds is 4. The van der Waals surface area contributed by atoms with Gasteiger partial charge in [0.1, 0.15) is 5.82 Å². The highest BCUT2D eigenvalue weighted by Crippen LogP contribution is 2.24. The summed E-state index contributed by atoms with van der Waals surface area (Å²) < 4.78 is 13.1. The third kappa shape index (κ3) is 3.45. The Morgan fingerprint density at radius 3 is 2.72 bits per heavy atom. The topological polar surface area (TPSA) is 38.9 Å². The van der Waals surface area contributed by atoms with Crippen molar-refractivity contribution in [1.82, 2.24) is 4.98 Å². The van der Waals surface area contributed by atoms with Crippen molar-refractivity contribution in [3.8, 4) is 0 Å². The predicted molar refractivity (Wildman–Crippen MR) is 73.1 cm³/mol. The molecular formula is C13H12ClFN2S. The summed E-state index contributed by atoms with van der Waals surface area (Å²) in [4.78, 5) is 4.19. The van der Waals surface area contributed by atoms with Crippen molar-refractivity contribution < 1.29 is 4.39 Å². The van der Waals surface area contributed by atoms with E-state index in [1.807, 2.05) is 6.07 Å². The van der Waals surface area contributed by atoms with Crippen LogP contribution in [0.5, 0.6) is 0 Å². The van der Waals surface area contributed by atoms with E-state index in [4.69, 9.17) is 17.3 Å². The molecule has 1 aromatic carbocycles. The van der Waals surface area contributed by atoms with E-state index in [1.54, 1.807) is 30.1 Å². The molecule has 2 rings (SSSR count). The Morgan fingerprint density at radius 2 is 2.06 bits per heavy atom. The minimum absolute atomic E-state index is 0.256. The number of nitrogens with two attached hydrogens (primary N) is 1. The summed E-state index contributed by atoms with van der Waals surface area (Å²) in [6, 6.07) is 8.35. The number of nitrogens with zero attached hydrogens (tertiary/aromatic N) is 1. The lowest BCUT2D eigenvalue weighted by atomic mass is 10.1. The maximum absolute atomic E-state index is 13.1. The van der Waals surface area contributed by atoms with Gasteiger partial charge in [-0.05, 0) is 35.4 Å². The standard InChI is InChI=1S/C13H12ClFN2S/c14-11-2-4-13(17-7-11)18-8-9-1-3-12(15)5-10(9)6-16/h1-5,7H,6,8,16H2. The number of aromatic nitrogens is 1. The fraction of sp³-hybridized carbons (Fsp3) is 0.154. The van der Waals surface area contributed by atoms with E-state index in [1.165, 1.54) is 12.1 Å². The van der Waals surface area contributed by atoms with Gasteiger partial charge in [-0.25, -0.2) is 9.37 Å². The number of hydrogen-bond acceptors (Lipinski definition) is 3. The molecule has 1 aromatic heterocycles. The minimum Gasteiger partial charge on any atom is -0.326 e. The average Bonchev–Trinajstić information content (AvgIpc) is 2.39. The first-order chi connectivity index (χ1) is 8.69. The summed E-state index contributed by atoms with van der Waals surface area (Å²) >= 11 is 7.33. The van der Waals surface area contributed by atoms with Gasteiger partial charge in [-0.3, -0.25) is 0 Å². The third-order valence-electron chi connectivity index (χ3n) is 2.46. The van der Waals surface area contributed by atoms with Gasteiger partial charge in [0, 0.05) is 18.5 Å². The molecule has 2 N–H and O–H groups in total. The normalized spacial score (nSPS) is 10.6. The van der Waals surface area contributed by atoms with Gasteiger partial charge in [0.2, 0.25) is 0 Å². The number of pyridine rings is 1. The van der Waals surface area contributed by atoms with Crippen LogP contribution in [0.3, 0.4) is 0 Å².